The number of ether oxygens (including phenoxy) is 2. The molecule has 0 N–H and O–H groups in total. The van der Waals surface area contributed by atoms with E-state index in [4.69, 9.17) is 9.47 Å². The van der Waals surface area contributed by atoms with Crippen LogP contribution in [-0.2, 0) is 33.9 Å². The second-order valence-electron chi connectivity index (χ2n) is 9.04. The predicted molar refractivity (Wildman–Crippen MR) is 126 cm³/mol. The Bertz CT molecular complexity index is 1180. The van der Waals surface area contributed by atoms with Crippen molar-refractivity contribution < 1.29 is 23.9 Å². The van der Waals surface area contributed by atoms with E-state index in [1.165, 1.54) is 17.7 Å². The van der Waals surface area contributed by atoms with E-state index in [9.17, 15) is 19.2 Å². The Morgan fingerprint density at radius 1 is 1.17 bits per heavy atom. The molecule has 10 heteroatoms. The van der Waals surface area contributed by atoms with Crippen molar-refractivity contribution in [3.63, 3.8) is 0 Å². The number of nitrogens with zero attached hydrogens (tertiary/aromatic N) is 4. The monoisotopic (exact) mass is 482 g/mol. The number of hydrogen-bond acceptors (Lipinski definition) is 7. The van der Waals surface area contributed by atoms with E-state index in [1.807, 2.05) is 19.9 Å². The first-order valence-corrected chi connectivity index (χ1v) is 11.8. The zero-order chi connectivity index (χ0) is 25.1. The van der Waals surface area contributed by atoms with E-state index in [0.29, 0.717) is 31.0 Å². The molecule has 0 bridgehead atoms. The van der Waals surface area contributed by atoms with Gasteiger partial charge in [0.05, 0.1) is 18.7 Å². The van der Waals surface area contributed by atoms with Crippen LogP contribution in [0.5, 0.6) is 5.75 Å². The number of methoxy groups -OCH3 is 1. The molecule has 2 aliphatic rings. The van der Waals surface area contributed by atoms with Gasteiger partial charge in [-0.3, -0.25) is 19.4 Å². The van der Waals surface area contributed by atoms with Gasteiger partial charge in [-0.25, -0.2) is 4.79 Å². The van der Waals surface area contributed by atoms with Crippen molar-refractivity contribution >= 4 is 17.8 Å². The smallest absolute Gasteiger partial charge is 0.343 e. The van der Waals surface area contributed by atoms with Gasteiger partial charge in [0, 0.05) is 63.0 Å². The fourth-order valence-corrected chi connectivity index (χ4v) is 4.70. The molecular formula is C25H30N4O6. The maximum absolute atomic E-state index is 13.2. The molecule has 35 heavy (non-hydrogen) atoms. The van der Waals surface area contributed by atoms with Gasteiger partial charge < -0.3 is 23.8 Å². The molecule has 1 saturated heterocycles. The van der Waals surface area contributed by atoms with Gasteiger partial charge in [0.25, 0.3) is 5.56 Å². The van der Waals surface area contributed by atoms with Crippen LogP contribution >= 0.6 is 0 Å². The topological polar surface area (TPSA) is 111 Å². The van der Waals surface area contributed by atoms with Gasteiger partial charge in [-0.15, -0.1) is 0 Å². The molecule has 2 aromatic rings. The van der Waals surface area contributed by atoms with E-state index in [1.54, 1.807) is 28.1 Å². The number of esters is 1. The third kappa shape index (κ3) is 5.06. The van der Waals surface area contributed by atoms with Gasteiger partial charge in [-0.1, -0.05) is 6.07 Å². The van der Waals surface area contributed by atoms with Crippen molar-refractivity contribution in [2.24, 2.45) is 5.92 Å². The third-order valence-electron chi connectivity index (χ3n) is 6.53. The van der Waals surface area contributed by atoms with E-state index in [0.717, 1.165) is 0 Å². The fourth-order valence-electron chi connectivity index (χ4n) is 4.70. The van der Waals surface area contributed by atoms with Crippen molar-refractivity contribution in [3.05, 3.63) is 57.8 Å². The Hall–Kier alpha value is -3.69. The molecule has 10 nitrogen and oxygen atoms in total. The third-order valence-corrected chi connectivity index (χ3v) is 6.53. The number of carbonyl (C=O) groups excluding carboxylic acids is 3. The zero-order valence-corrected chi connectivity index (χ0v) is 20.2. The predicted octanol–water partition coefficient (Wildman–Crippen LogP) is 1.25. The summed E-state index contributed by atoms with van der Waals surface area (Å²) in [5, 5.41) is 0. The lowest BCUT2D eigenvalue weighted by Crippen LogP contribution is -2.40. The Labute approximate surface area is 203 Å². The average Bonchev–Trinajstić information content (AvgIpc) is 3.11. The quantitative estimate of drug-likeness (QED) is 0.570. The van der Waals surface area contributed by atoms with Crippen LogP contribution in [0.25, 0.3) is 0 Å². The highest BCUT2D eigenvalue weighted by Gasteiger charge is 2.38. The number of pyridine rings is 2. The highest BCUT2D eigenvalue weighted by atomic mass is 16.5. The van der Waals surface area contributed by atoms with Crippen molar-refractivity contribution in [1.82, 2.24) is 19.4 Å². The molecule has 1 atom stereocenters. The summed E-state index contributed by atoms with van der Waals surface area (Å²) in [6, 6.07) is 6.72. The molecule has 0 radical (unpaired) electrons. The summed E-state index contributed by atoms with van der Waals surface area (Å²) in [5.41, 5.74) is 0.984. The first kappa shape index (κ1) is 24.4. The van der Waals surface area contributed by atoms with E-state index in [2.05, 4.69) is 4.98 Å². The second-order valence-corrected chi connectivity index (χ2v) is 9.04. The van der Waals surface area contributed by atoms with E-state index in [-0.39, 0.29) is 60.7 Å². The van der Waals surface area contributed by atoms with Gasteiger partial charge in [0.1, 0.15) is 17.9 Å². The molecule has 0 aliphatic carbocycles. The number of amides is 2. The van der Waals surface area contributed by atoms with Crippen molar-refractivity contribution in [1.29, 1.82) is 0 Å². The SMILES string of the molecule is COC(=O)c1c(OCc2ccccn2)cc(=O)n2c1CCN(C(=O)C1CC(=O)N(C(C)C)C1)CC2. The lowest BCUT2D eigenvalue weighted by Gasteiger charge is -2.24. The molecule has 0 spiro atoms. The number of aromatic nitrogens is 2. The first-order valence-electron chi connectivity index (χ1n) is 11.8. The molecule has 4 heterocycles. The van der Waals surface area contributed by atoms with Crippen molar-refractivity contribution in [3.8, 4) is 5.75 Å². The van der Waals surface area contributed by atoms with Crippen LogP contribution in [0.3, 0.4) is 0 Å². The Kier molecular flexibility index (Phi) is 7.18. The molecular weight excluding hydrogens is 452 g/mol. The van der Waals surface area contributed by atoms with E-state index >= 15 is 0 Å². The summed E-state index contributed by atoms with van der Waals surface area (Å²) >= 11 is 0. The molecule has 1 unspecified atom stereocenters. The number of hydrogen-bond donors (Lipinski definition) is 0. The molecule has 1 fully saturated rings. The van der Waals surface area contributed by atoms with E-state index < -0.39 is 11.9 Å². The molecule has 2 aromatic heterocycles. The molecule has 4 rings (SSSR count). The van der Waals surface area contributed by atoms with Crippen LogP contribution in [-0.4, -0.2) is 69.9 Å². The minimum absolute atomic E-state index is 0.0182. The van der Waals surface area contributed by atoms with Crippen LogP contribution in [0.4, 0.5) is 0 Å². The van der Waals surface area contributed by atoms with Gasteiger partial charge >= 0.3 is 5.97 Å². The van der Waals surface area contributed by atoms with Gasteiger partial charge in [0.15, 0.2) is 0 Å². The Morgan fingerprint density at radius 2 is 1.97 bits per heavy atom. The zero-order valence-electron chi connectivity index (χ0n) is 20.2. The molecule has 186 valence electrons. The lowest BCUT2D eigenvalue weighted by atomic mass is 10.1. The average molecular weight is 483 g/mol. The van der Waals surface area contributed by atoms with Gasteiger partial charge in [0.2, 0.25) is 11.8 Å². The molecule has 0 aromatic carbocycles. The highest BCUT2D eigenvalue weighted by Crippen LogP contribution is 2.27. The lowest BCUT2D eigenvalue weighted by molar-refractivity contribution is -0.135. The number of fused-ring (bicyclic) bond motifs is 1. The second kappa shape index (κ2) is 10.3. The van der Waals surface area contributed by atoms with Crippen LogP contribution in [0, 0.1) is 5.92 Å². The molecule has 0 saturated carbocycles. The standard InChI is InChI=1S/C25H30N4O6/c1-16(2)29-14-17(12-21(29)30)24(32)27-9-7-19-23(25(33)34-3)20(13-22(31)28(19)11-10-27)35-15-18-6-4-5-8-26-18/h4-6,8,13,16-17H,7,9-12,14-15H2,1-3H3. The fraction of sp³-hybridized carbons (Fsp3) is 0.480. The summed E-state index contributed by atoms with van der Waals surface area (Å²) < 4.78 is 12.3. The largest absolute Gasteiger partial charge is 0.486 e. The number of rotatable bonds is 6. The van der Waals surface area contributed by atoms with Crippen LogP contribution in [0.1, 0.15) is 42.0 Å². The summed E-state index contributed by atoms with van der Waals surface area (Å²) in [6.45, 7) is 5.21. The minimum Gasteiger partial charge on any atom is -0.486 e. The normalized spacial score (nSPS) is 17.8. The molecule has 2 aliphatic heterocycles. The summed E-state index contributed by atoms with van der Waals surface area (Å²) in [5.74, 6) is -1.00. The minimum atomic E-state index is -0.612. The van der Waals surface area contributed by atoms with Crippen molar-refractivity contribution in [2.75, 3.05) is 26.7 Å². The summed E-state index contributed by atoms with van der Waals surface area (Å²) in [7, 11) is 1.27. The maximum atomic E-state index is 13.2. The van der Waals surface area contributed by atoms with Crippen molar-refractivity contribution in [2.45, 2.75) is 45.9 Å². The van der Waals surface area contributed by atoms with Crippen LogP contribution < -0.4 is 10.3 Å². The first-order chi connectivity index (χ1) is 16.8. The maximum Gasteiger partial charge on any atom is 0.343 e. The van der Waals surface area contributed by atoms with Gasteiger partial charge in [-0.2, -0.15) is 0 Å². The summed E-state index contributed by atoms with van der Waals surface area (Å²) in [6.07, 6.45) is 2.11. The molecule has 2 amide bonds. The van der Waals surface area contributed by atoms with Gasteiger partial charge in [-0.05, 0) is 26.0 Å². The van der Waals surface area contributed by atoms with Crippen LogP contribution in [0.15, 0.2) is 35.3 Å². The summed E-state index contributed by atoms with van der Waals surface area (Å²) in [4.78, 5) is 58.9. The Balaban J connectivity index is 1.57. The highest BCUT2D eigenvalue weighted by molar-refractivity contribution is 5.94. The number of carbonyl (C=O) groups is 3. The Morgan fingerprint density at radius 3 is 2.63 bits per heavy atom. The van der Waals surface area contributed by atoms with Crippen LogP contribution in [0.2, 0.25) is 0 Å². The number of likely N-dealkylation sites (tertiary alicyclic amines) is 1.